The van der Waals surface area contributed by atoms with Crippen molar-refractivity contribution in [3.63, 3.8) is 0 Å². The average Bonchev–Trinajstić information content (AvgIpc) is 3.06. The number of rotatable bonds is 4. The lowest BCUT2D eigenvalue weighted by Gasteiger charge is -2.30. The van der Waals surface area contributed by atoms with Gasteiger partial charge in [-0.05, 0) is 25.8 Å². The van der Waals surface area contributed by atoms with Gasteiger partial charge in [0.05, 0.1) is 24.4 Å². The Hall–Kier alpha value is -2.81. The van der Waals surface area contributed by atoms with Crippen molar-refractivity contribution in [1.82, 2.24) is 24.6 Å². The Morgan fingerprint density at radius 2 is 1.93 bits per heavy atom. The average molecular weight is 373 g/mol. The number of hydrogen-bond acceptors (Lipinski definition) is 6. The molecule has 1 aliphatic rings. The van der Waals surface area contributed by atoms with Crippen LogP contribution in [0.15, 0.2) is 12.3 Å². The van der Waals surface area contributed by atoms with E-state index in [4.69, 9.17) is 9.84 Å². The van der Waals surface area contributed by atoms with Crippen LogP contribution in [0.3, 0.4) is 0 Å². The molecule has 0 spiro atoms. The Bertz CT molecular complexity index is 856. The molecule has 1 N–H and O–H groups in total. The molecule has 0 aliphatic carbocycles. The maximum Gasteiger partial charge on any atom is 0.334 e. The molecule has 3 heterocycles. The molecule has 1 fully saturated rings. The number of ether oxygens (including phenoxy) is 1. The fraction of sp³-hybridized carbons (Fsp3) is 0.500. The number of morpholine rings is 1. The fourth-order valence-corrected chi connectivity index (χ4v) is 3.04. The van der Waals surface area contributed by atoms with E-state index in [9.17, 15) is 9.59 Å². The Labute approximate surface area is 157 Å². The highest BCUT2D eigenvalue weighted by molar-refractivity contribution is 5.95. The second-order valence-corrected chi connectivity index (χ2v) is 6.93. The lowest BCUT2D eigenvalue weighted by Crippen LogP contribution is -2.48. The van der Waals surface area contributed by atoms with Gasteiger partial charge in [-0.15, -0.1) is 0 Å². The molecule has 0 bridgehead atoms. The largest absolute Gasteiger partial charge is 0.479 e. The van der Waals surface area contributed by atoms with Gasteiger partial charge < -0.3 is 14.7 Å². The molecule has 1 aliphatic heterocycles. The molecule has 2 aromatic heterocycles. The van der Waals surface area contributed by atoms with Gasteiger partial charge in [-0.1, -0.05) is 13.8 Å². The molecule has 0 radical (unpaired) electrons. The van der Waals surface area contributed by atoms with E-state index in [1.165, 1.54) is 9.58 Å². The fourth-order valence-electron chi connectivity index (χ4n) is 3.04. The first-order valence-electron chi connectivity index (χ1n) is 8.82. The number of aliphatic carboxylic acids is 1. The third kappa shape index (κ3) is 3.97. The standard InChI is InChI=1S/C18H23N5O4/c1-10(2)15-13(16(24)22-5-6-27-14(9-22)17(25)26)8-23(21-15)18-19-11(3)7-12(4)20-18/h7-8,10,14H,5-6,9H2,1-4H3,(H,25,26)/t14-/m0/s1. The van der Waals surface area contributed by atoms with Crippen LogP contribution in [0.1, 0.15) is 47.2 Å². The Kier molecular flexibility index (Phi) is 5.22. The summed E-state index contributed by atoms with van der Waals surface area (Å²) in [6.45, 7) is 8.18. The van der Waals surface area contributed by atoms with E-state index in [-0.39, 0.29) is 25.0 Å². The molecular weight excluding hydrogens is 350 g/mol. The first-order valence-corrected chi connectivity index (χ1v) is 8.82. The quantitative estimate of drug-likeness (QED) is 0.861. The van der Waals surface area contributed by atoms with Gasteiger partial charge in [0, 0.05) is 24.1 Å². The van der Waals surface area contributed by atoms with Crippen LogP contribution in [-0.4, -0.2) is 67.4 Å². The zero-order chi connectivity index (χ0) is 19.7. The number of aromatic nitrogens is 4. The lowest BCUT2D eigenvalue weighted by molar-refractivity contribution is -0.154. The van der Waals surface area contributed by atoms with E-state index >= 15 is 0 Å². The number of nitrogens with zero attached hydrogens (tertiary/aromatic N) is 5. The smallest absolute Gasteiger partial charge is 0.334 e. The molecule has 0 saturated carbocycles. The summed E-state index contributed by atoms with van der Waals surface area (Å²) in [5.74, 6) is -0.925. The van der Waals surface area contributed by atoms with Crippen LogP contribution < -0.4 is 0 Å². The zero-order valence-electron chi connectivity index (χ0n) is 15.8. The molecule has 9 nitrogen and oxygen atoms in total. The van der Waals surface area contributed by atoms with E-state index < -0.39 is 12.1 Å². The van der Waals surface area contributed by atoms with E-state index in [0.717, 1.165) is 11.4 Å². The van der Waals surface area contributed by atoms with Crippen molar-refractivity contribution in [2.75, 3.05) is 19.7 Å². The summed E-state index contributed by atoms with van der Waals surface area (Å²) in [5, 5.41) is 13.7. The van der Waals surface area contributed by atoms with E-state index in [0.29, 0.717) is 23.8 Å². The molecule has 2 aromatic rings. The second-order valence-electron chi connectivity index (χ2n) is 6.93. The minimum atomic E-state index is -1.07. The van der Waals surface area contributed by atoms with Crippen molar-refractivity contribution in [2.24, 2.45) is 0 Å². The van der Waals surface area contributed by atoms with E-state index in [1.54, 1.807) is 6.20 Å². The second kappa shape index (κ2) is 7.43. The van der Waals surface area contributed by atoms with Gasteiger partial charge in [-0.25, -0.2) is 19.4 Å². The van der Waals surface area contributed by atoms with Crippen molar-refractivity contribution < 1.29 is 19.4 Å². The first kappa shape index (κ1) is 19.0. The molecule has 27 heavy (non-hydrogen) atoms. The number of hydrogen-bond donors (Lipinski definition) is 1. The van der Waals surface area contributed by atoms with Crippen LogP contribution >= 0.6 is 0 Å². The maximum absolute atomic E-state index is 13.1. The van der Waals surface area contributed by atoms with Crippen molar-refractivity contribution in [1.29, 1.82) is 0 Å². The summed E-state index contributed by atoms with van der Waals surface area (Å²) in [6.07, 6.45) is 0.611. The monoisotopic (exact) mass is 373 g/mol. The van der Waals surface area contributed by atoms with Gasteiger partial charge in [0.15, 0.2) is 6.10 Å². The molecule has 0 unspecified atom stereocenters. The Morgan fingerprint density at radius 3 is 2.52 bits per heavy atom. The van der Waals surface area contributed by atoms with Crippen LogP contribution in [0.5, 0.6) is 0 Å². The Morgan fingerprint density at radius 1 is 1.26 bits per heavy atom. The Balaban J connectivity index is 1.96. The van der Waals surface area contributed by atoms with Crippen LogP contribution in [0.4, 0.5) is 0 Å². The predicted octanol–water partition coefficient (Wildman–Crippen LogP) is 1.33. The summed E-state index contributed by atoms with van der Waals surface area (Å²) in [6, 6.07) is 1.86. The van der Waals surface area contributed by atoms with Crippen molar-refractivity contribution in [2.45, 2.75) is 39.7 Å². The van der Waals surface area contributed by atoms with Crippen molar-refractivity contribution in [3.8, 4) is 5.95 Å². The van der Waals surface area contributed by atoms with Gasteiger partial charge in [0.2, 0.25) is 0 Å². The van der Waals surface area contributed by atoms with Crippen molar-refractivity contribution in [3.05, 3.63) is 34.9 Å². The predicted molar refractivity (Wildman–Crippen MR) is 96.0 cm³/mol. The topological polar surface area (TPSA) is 110 Å². The molecule has 9 heteroatoms. The molecule has 0 aromatic carbocycles. The molecule has 1 saturated heterocycles. The summed E-state index contributed by atoms with van der Waals surface area (Å²) < 4.78 is 6.71. The van der Waals surface area contributed by atoms with Crippen LogP contribution in [0, 0.1) is 13.8 Å². The number of aryl methyl sites for hydroxylation is 2. The highest BCUT2D eigenvalue weighted by atomic mass is 16.5. The number of carbonyl (C=O) groups is 2. The van der Waals surface area contributed by atoms with Gasteiger partial charge >= 0.3 is 5.97 Å². The lowest BCUT2D eigenvalue weighted by atomic mass is 10.1. The molecule has 1 amide bonds. The third-order valence-electron chi connectivity index (χ3n) is 4.32. The molecule has 144 valence electrons. The number of carboxylic acid groups (broad SMARTS) is 1. The number of carboxylic acids is 1. The first-order chi connectivity index (χ1) is 12.8. The van der Waals surface area contributed by atoms with E-state index in [2.05, 4.69) is 15.1 Å². The normalized spacial score (nSPS) is 17.4. The summed E-state index contributed by atoms with van der Waals surface area (Å²) in [5.41, 5.74) is 2.67. The molecular formula is C18H23N5O4. The van der Waals surface area contributed by atoms with Crippen LogP contribution in [-0.2, 0) is 9.53 Å². The summed E-state index contributed by atoms with van der Waals surface area (Å²) in [7, 11) is 0. The SMILES string of the molecule is Cc1cc(C)nc(-n2cc(C(=O)N3CCO[C@H](C(=O)O)C3)c(C(C)C)n2)n1. The number of carbonyl (C=O) groups excluding carboxylic acids is 1. The van der Waals surface area contributed by atoms with Gasteiger partial charge in [0.25, 0.3) is 11.9 Å². The van der Waals surface area contributed by atoms with E-state index in [1.807, 2.05) is 33.8 Å². The highest BCUT2D eigenvalue weighted by Gasteiger charge is 2.32. The zero-order valence-corrected chi connectivity index (χ0v) is 15.8. The van der Waals surface area contributed by atoms with Gasteiger partial charge in [-0.2, -0.15) is 5.10 Å². The van der Waals surface area contributed by atoms with Crippen LogP contribution in [0.2, 0.25) is 0 Å². The van der Waals surface area contributed by atoms with Crippen LogP contribution in [0.25, 0.3) is 5.95 Å². The van der Waals surface area contributed by atoms with Crippen molar-refractivity contribution >= 4 is 11.9 Å². The number of amides is 1. The summed E-state index contributed by atoms with van der Waals surface area (Å²) in [4.78, 5) is 34.5. The summed E-state index contributed by atoms with van der Waals surface area (Å²) >= 11 is 0. The third-order valence-corrected chi connectivity index (χ3v) is 4.32. The molecule has 3 rings (SSSR count). The maximum atomic E-state index is 13.1. The van der Waals surface area contributed by atoms with Gasteiger partial charge in [-0.3, -0.25) is 4.79 Å². The molecule has 1 atom stereocenters. The minimum Gasteiger partial charge on any atom is -0.479 e. The van der Waals surface area contributed by atoms with Gasteiger partial charge in [0.1, 0.15) is 0 Å². The minimum absolute atomic E-state index is 0.00687. The highest BCUT2D eigenvalue weighted by Crippen LogP contribution is 2.22.